The molecule has 0 aliphatic heterocycles. The van der Waals surface area contributed by atoms with Crippen molar-refractivity contribution in [3.63, 3.8) is 0 Å². The SMILES string of the molecule is O=C(O)CCCCCC[C@H]1[C@@H](O)CC(O)[C@@H]1CCC(O)C(=O)Oc1ccccc1F. The first kappa shape index (κ1) is 24.2. The Labute approximate surface area is 175 Å². The summed E-state index contributed by atoms with van der Waals surface area (Å²) in [5.74, 6) is -3.11. The van der Waals surface area contributed by atoms with Crippen molar-refractivity contribution in [3.05, 3.63) is 30.1 Å². The predicted octanol–water partition coefficient (Wildman–Crippen LogP) is 2.66. The lowest BCUT2D eigenvalue weighted by Gasteiger charge is -2.24. The maximum atomic E-state index is 13.6. The third-order valence-corrected chi connectivity index (χ3v) is 5.79. The Kier molecular flexibility index (Phi) is 9.68. The number of ether oxygens (including phenoxy) is 1. The molecule has 5 atom stereocenters. The minimum Gasteiger partial charge on any atom is -0.481 e. The molecular weight excluding hydrogens is 395 g/mol. The summed E-state index contributed by atoms with van der Waals surface area (Å²) in [6.45, 7) is 0. The molecule has 0 heterocycles. The van der Waals surface area contributed by atoms with E-state index in [1.807, 2.05) is 0 Å². The summed E-state index contributed by atoms with van der Waals surface area (Å²) in [4.78, 5) is 22.5. The fourth-order valence-corrected chi connectivity index (χ4v) is 4.16. The lowest BCUT2D eigenvalue weighted by atomic mass is 9.85. The number of rotatable bonds is 12. The standard InChI is InChI=1S/C22H31FO7/c23-16-8-5-6-9-20(16)30-22(29)17(24)12-11-15-14(18(25)13-19(15)26)7-3-1-2-4-10-21(27)28/h5-6,8-9,14-15,17-19,24-26H,1-4,7,10-13H2,(H,27,28)/t14-,15-,17?,18+,19?/m1/s1. The number of para-hydroxylation sites is 1. The topological polar surface area (TPSA) is 124 Å². The number of benzene rings is 1. The number of carboxylic acid groups (broad SMARTS) is 1. The quantitative estimate of drug-likeness (QED) is 0.230. The monoisotopic (exact) mass is 426 g/mol. The van der Waals surface area contributed by atoms with E-state index in [1.165, 1.54) is 18.2 Å². The van der Waals surface area contributed by atoms with Gasteiger partial charge in [-0.25, -0.2) is 9.18 Å². The summed E-state index contributed by atoms with van der Waals surface area (Å²) in [5.41, 5.74) is 0. The van der Waals surface area contributed by atoms with Crippen molar-refractivity contribution >= 4 is 11.9 Å². The smallest absolute Gasteiger partial charge is 0.340 e. The van der Waals surface area contributed by atoms with Gasteiger partial charge in [0, 0.05) is 6.42 Å². The lowest BCUT2D eigenvalue weighted by molar-refractivity contribution is -0.144. The molecule has 4 N–H and O–H groups in total. The van der Waals surface area contributed by atoms with Crippen LogP contribution in [0, 0.1) is 17.7 Å². The molecule has 1 aliphatic carbocycles. The first-order valence-corrected chi connectivity index (χ1v) is 10.5. The van der Waals surface area contributed by atoms with Crippen LogP contribution < -0.4 is 4.74 Å². The first-order chi connectivity index (χ1) is 14.3. The van der Waals surface area contributed by atoms with Crippen molar-refractivity contribution in [2.45, 2.75) is 76.1 Å². The number of carbonyl (C=O) groups is 2. The highest BCUT2D eigenvalue weighted by Gasteiger charge is 2.41. The van der Waals surface area contributed by atoms with Crippen LogP contribution in [-0.2, 0) is 9.59 Å². The van der Waals surface area contributed by atoms with Gasteiger partial charge in [-0.05, 0) is 56.1 Å². The van der Waals surface area contributed by atoms with E-state index in [2.05, 4.69) is 0 Å². The summed E-state index contributed by atoms with van der Waals surface area (Å²) in [6, 6.07) is 5.42. The number of hydrogen-bond donors (Lipinski definition) is 4. The minimum atomic E-state index is -1.45. The zero-order chi connectivity index (χ0) is 22.1. The third-order valence-electron chi connectivity index (χ3n) is 5.79. The average Bonchev–Trinajstić information content (AvgIpc) is 2.96. The molecule has 1 aliphatic rings. The van der Waals surface area contributed by atoms with E-state index >= 15 is 0 Å². The van der Waals surface area contributed by atoms with E-state index in [-0.39, 0.29) is 36.8 Å². The largest absolute Gasteiger partial charge is 0.481 e. The molecule has 1 saturated carbocycles. The number of unbranched alkanes of at least 4 members (excludes halogenated alkanes) is 3. The number of aliphatic hydroxyl groups excluding tert-OH is 3. The Hall–Kier alpha value is -2.03. The number of aliphatic hydroxyl groups is 3. The second-order valence-electron chi connectivity index (χ2n) is 7.99. The Morgan fingerprint density at radius 2 is 1.67 bits per heavy atom. The van der Waals surface area contributed by atoms with Gasteiger partial charge in [0.25, 0.3) is 0 Å². The molecule has 8 heteroatoms. The molecule has 0 aromatic heterocycles. The van der Waals surface area contributed by atoms with Gasteiger partial charge < -0.3 is 25.2 Å². The molecule has 7 nitrogen and oxygen atoms in total. The highest BCUT2D eigenvalue weighted by atomic mass is 19.1. The van der Waals surface area contributed by atoms with Gasteiger partial charge in [-0.1, -0.05) is 31.4 Å². The number of carbonyl (C=O) groups excluding carboxylic acids is 1. The molecule has 2 rings (SSSR count). The van der Waals surface area contributed by atoms with Crippen molar-refractivity contribution in [2.75, 3.05) is 0 Å². The highest BCUT2D eigenvalue weighted by molar-refractivity contribution is 5.76. The fourth-order valence-electron chi connectivity index (χ4n) is 4.16. The Balaban J connectivity index is 1.78. The lowest BCUT2D eigenvalue weighted by Crippen LogP contribution is -2.29. The van der Waals surface area contributed by atoms with Crippen molar-refractivity contribution in [3.8, 4) is 5.75 Å². The van der Waals surface area contributed by atoms with E-state index in [1.54, 1.807) is 0 Å². The van der Waals surface area contributed by atoms with Crippen molar-refractivity contribution < 1.29 is 39.1 Å². The van der Waals surface area contributed by atoms with Crippen molar-refractivity contribution in [2.24, 2.45) is 11.8 Å². The summed E-state index contributed by atoms with van der Waals surface area (Å²) < 4.78 is 18.5. The van der Waals surface area contributed by atoms with E-state index in [0.29, 0.717) is 19.3 Å². The van der Waals surface area contributed by atoms with Gasteiger partial charge in [0.05, 0.1) is 12.2 Å². The van der Waals surface area contributed by atoms with Crippen LogP contribution >= 0.6 is 0 Å². The van der Waals surface area contributed by atoms with Crippen LogP contribution in [0.25, 0.3) is 0 Å². The second-order valence-corrected chi connectivity index (χ2v) is 7.99. The van der Waals surface area contributed by atoms with Gasteiger partial charge in [-0.2, -0.15) is 0 Å². The van der Waals surface area contributed by atoms with Crippen LogP contribution in [-0.4, -0.2) is 50.7 Å². The second kappa shape index (κ2) is 12.0. The van der Waals surface area contributed by atoms with Gasteiger partial charge in [-0.3, -0.25) is 4.79 Å². The fraction of sp³-hybridized carbons (Fsp3) is 0.636. The van der Waals surface area contributed by atoms with E-state index in [0.717, 1.165) is 25.3 Å². The van der Waals surface area contributed by atoms with E-state index in [9.17, 15) is 29.3 Å². The van der Waals surface area contributed by atoms with Crippen LogP contribution in [0.4, 0.5) is 4.39 Å². The van der Waals surface area contributed by atoms with Crippen LogP contribution in [0.15, 0.2) is 24.3 Å². The van der Waals surface area contributed by atoms with Gasteiger partial charge in [0.2, 0.25) is 0 Å². The average molecular weight is 426 g/mol. The molecule has 0 spiro atoms. The Bertz CT molecular complexity index is 696. The molecule has 1 fully saturated rings. The summed E-state index contributed by atoms with van der Waals surface area (Å²) in [7, 11) is 0. The third kappa shape index (κ3) is 7.34. The van der Waals surface area contributed by atoms with E-state index < -0.39 is 36.1 Å². The zero-order valence-electron chi connectivity index (χ0n) is 17.0. The molecule has 168 valence electrons. The molecule has 1 aromatic rings. The van der Waals surface area contributed by atoms with Gasteiger partial charge in [0.15, 0.2) is 17.7 Å². The number of esters is 1. The van der Waals surface area contributed by atoms with Crippen LogP contribution in [0.3, 0.4) is 0 Å². The predicted molar refractivity (Wildman–Crippen MR) is 106 cm³/mol. The number of halogens is 1. The first-order valence-electron chi connectivity index (χ1n) is 10.5. The Morgan fingerprint density at radius 3 is 2.33 bits per heavy atom. The summed E-state index contributed by atoms with van der Waals surface area (Å²) >= 11 is 0. The normalized spacial score (nSPS) is 24.5. The molecule has 2 unspecified atom stereocenters. The minimum absolute atomic E-state index is 0.0385. The van der Waals surface area contributed by atoms with E-state index in [4.69, 9.17) is 9.84 Å². The number of aliphatic carboxylic acids is 1. The van der Waals surface area contributed by atoms with Crippen LogP contribution in [0.2, 0.25) is 0 Å². The van der Waals surface area contributed by atoms with Crippen LogP contribution in [0.5, 0.6) is 5.75 Å². The number of hydrogen-bond acceptors (Lipinski definition) is 6. The zero-order valence-corrected chi connectivity index (χ0v) is 17.0. The summed E-state index contributed by atoms with van der Waals surface area (Å²) in [5, 5.41) is 39.3. The van der Waals surface area contributed by atoms with Gasteiger partial charge in [0.1, 0.15) is 0 Å². The van der Waals surface area contributed by atoms with Gasteiger partial charge in [-0.15, -0.1) is 0 Å². The Morgan fingerprint density at radius 1 is 1.03 bits per heavy atom. The maximum absolute atomic E-state index is 13.6. The molecular formula is C22H31FO7. The molecule has 30 heavy (non-hydrogen) atoms. The highest BCUT2D eigenvalue weighted by Crippen LogP contribution is 2.39. The van der Waals surface area contributed by atoms with Crippen molar-refractivity contribution in [1.82, 2.24) is 0 Å². The molecule has 0 radical (unpaired) electrons. The van der Waals surface area contributed by atoms with Gasteiger partial charge >= 0.3 is 11.9 Å². The number of carboxylic acids is 1. The molecule has 1 aromatic carbocycles. The molecule has 0 bridgehead atoms. The summed E-state index contributed by atoms with van der Waals surface area (Å²) in [6.07, 6.45) is 1.70. The molecule has 0 saturated heterocycles. The van der Waals surface area contributed by atoms with Crippen molar-refractivity contribution in [1.29, 1.82) is 0 Å². The maximum Gasteiger partial charge on any atom is 0.340 e. The molecule has 0 amide bonds. The van der Waals surface area contributed by atoms with Crippen LogP contribution in [0.1, 0.15) is 57.8 Å².